The maximum absolute atomic E-state index is 12.9. The lowest BCUT2D eigenvalue weighted by Gasteiger charge is -2.35. The smallest absolute Gasteiger partial charge is 0.321 e. The summed E-state index contributed by atoms with van der Waals surface area (Å²) in [4.78, 5) is 60.4. The van der Waals surface area contributed by atoms with Gasteiger partial charge >= 0.3 is 11.9 Å². The molecule has 1 aliphatic rings. The number of aliphatic carboxylic acids is 2. The van der Waals surface area contributed by atoms with Gasteiger partial charge in [-0.25, -0.2) is 4.98 Å². The van der Waals surface area contributed by atoms with E-state index in [-0.39, 0.29) is 30.8 Å². The van der Waals surface area contributed by atoms with Gasteiger partial charge in [0.05, 0.1) is 117 Å². The van der Waals surface area contributed by atoms with E-state index in [4.69, 9.17) is 54.8 Å². The molecule has 386 valence electrons. The van der Waals surface area contributed by atoms with Crippen molar-refractivity contribution in [2.75, 3.05) is 142 Å². The lowest BCUT2D eigenvalue weighted by atomic mass is 10.1. The van der Waals surface area contributed by atoms with Gasteiger partial charge in [-0.2, -0.15) is 4.98 Å². The Morgan fingerprint density at radius 1 is 0.797 bits per heavy atom. The number of carboxylic acid groups (broad SMARTS) is 2. The Kier molecular flexibility index (Phi) is 27.0. The van der Waals surface area contributed by atoms with E-state index in [1.165, 1.54) is 0 Å². The molecule has 3 heterocycles. The molecule has 0 radical (unpaired) electrons. The number of carbonyl (C=O) groups is 4. The quantitative estimate of drug-likeness (QED) is 0.0447. The molecule has 8 N–H and O–H groups in total. The summed E-state index contributed by atoms with van der Waals surface area (Å²) in [5.74, 6) is -1.12. The number of methoxy groups -OCH3 is 1. The molecule has 1 aliphatic heterocycles. The van der Waals surface area contributed by atoms with Crippen molar-refractivity contribution < 1.29 is 62.5 Å². The highest BCUT2D eigenvalue weighted by molar-refractivity contribution is 8.00. The van der Waals surface area contributed by atoms with Crippen LogP contribution in [0.15, 0.2) is 30.5 Å². The first kappa shape index (κ1) is 56.7. The maximum Gasteiger partial charge on any atom is 0.321 e. The fraction of sp³-hybridized carbons (Fsp3) is 0.652. The summed E-state index contributed by atoms with van der Waals surface area (Å²) in [6.45, 7) is 11.7. The number of nitrogens with two attached hydrogens (primary N) is 2. The van der Waals surface area contributed by atoms with Crippen molar-refractivity contribution >= 4 is 58.3 Å². The largest absolute Gasteiger partial charge is 0.496 e. The molecule has 0 saturated carbocycles. The summed E-state index contributed by atoms with van der Waals surface area (Å²) in [7, 11) is 1.70. The van der Waals surface area contributed by atoms with Crippen LogP contribution in [-0.2, 0) is 60.7 Å². The molecule has 0 aliphatic carbocycles. The topological polar surface area (TPSA) is 287 Å². The number of carboxylic acids is 2. The molecule has 69 heavy (non-hydrogen) atoms. The number of carbonyl (C=O) groups excluding carboxylic acids is 2. The number of anilines is 2. The SMILES string of the molecule is CCCCCNc1nc(N)nc2ccn(Cc3ccc(CN4CCN(C(=O)CCOCCOCCOCCOCCOCCOCCNC(=O)[C@@H](CC(=O)O)SC[C@H](N)C(=O)O)CC4)cc3OC)c12. The lowest BCUT2D eigenvalue weighted by molar-refractivity contribution is -0.138. The summed E-state index contributed by atoms with van der Waals surface area (Å²) in [6.07, 6.45) is 5.22. The minimum Gasteiger partial charge on any atom is -0.496 e. The second kappa shape index (κ2) is 32.9. The van der Waals surface area contributed by atoms with E-state index in [1.54, 1.807) is 7.11 Å². The van der Waals surface area contributed by atoms with Gasteiger partial charge in [0, 0.05) is 63.3 Å². The highest BCUT2D eigenvalue weighted by Crippen LogP contribution is 2.28. The third-order valence-electron chi connectivity index (χ3n) is 10.8. The van der Waals surface area contributed by atoms with Crippen LogP contribution in [0.5, 0.6) is 5.75 Å². The van der Waals surface area contributed by atoms with Gasteiger partial charge in [-0.15, -0.1) is 11.8 Å². The van der Waals surface area contributed by atoms with Crippen molar-refractivity contribution in [3.05, 3.63) is 41.6 Å². The Bertz CT molecular complexity index is 1990. The minimum atomic E-state index is -1.23. The van der Waals surface area contributed by atoms with E-state index in [1.807, 2.05) is 17.2 Å². The Hall–Kier alpha value is -4.85. The van der Waals surface area contributed by atoms with E-state index in [9.17, 15) is 19.2 Å². The summed E-state index contributed by atoms with van der Waals surface area (Å²) < 4.78 is 41.1. The van der Waals surface area contributed by atoms with Crippen molar-refractivity contribution in [3.63, 3.8) is 0 Å². The molecule has 1 aromatic carbocycles. The van der Waals surface area contributed by atoms with Gasteiger partial charge in [0.15, 0.2) is 5.82 Å². The maximum atomic E-state index is 12.9. The molecule has 0 unspecified atom stereocenters. The van der Waals surface area contributed by atoms with Crippen molar-refractivity contribution in [3.8, 4) is 5.75 Å². The lowest BCUT2D eigenvalue weighted by Crippen LogP contribution is -2.48. The number of fused-ring (bicyclic) bond motifs is 1. The standard InChI is InChI=1S/C46H73N9O13S/c1-3-4-5-10-49-43-42-37(51-46(48)52-43)8-12-55(42)32-35-7-6-34(29-38(35)62-2)31-53-13-15-54(16-14-53)40(56)9-17-63-19-21-65-23-25-67-27-28-68-26-24-66-22-20-64-18-11-50-44(59)39(30-41(57)58)69-33-36(47)45(60)61/h6-8,12,29,36,39H,3-5,9-11,13-28,30-33,47H2,1-2H3,(H,50,59)(H,57,58)(H,60,61)(H3,48,49,51,52)/t36-,39+/m0/s1. The first-order valence-electron chi connectivity index (χ1n) is 23.6. The molecule has 23 heteroatoms. The molecule has 22 nitrogen and oxygen atoms in total. The van der Waals surface area contributed by atoms with Crippen LogP contribution in [0.25, 0.3) is 11.0 Å². The van der Waals surface area contributed by atoms with Gasteiger partial charge in [0.2, 0.25) is 17.8 Å². The van der Waals surface area contributed by atoms with Crippen LogP contribution in [0.1, 0.15) is 50.2 Å². The number of ether oxygens (including phenoxy) is 7. The van der Waals surface area contributed by atoms with E-state index < -0.39 is 35.6 Å². The Labute approximate surface area is 408 Å². The highest BCUT2D eigenvalue weighted by atomic mass is 32.2. The van der Waals surface area contributed by atoms with Gasteiger partial charge in [-0.05, 0) is 24.1 Å². The van der Waals surface area contributed by atoms with Gasteiger partial charge in [-0.3, -0.25) is 24.1 Å². The highest BCUT2D eigenvalue weighted by Gasteiger charge is 2.25. The van der Waals surface area contributed by atoms with E-state index in [2.05, 4.69) is 55.2 Å². The van der Waals surface area contributed by atoms with E-state index in [0.29, 0.717) is 98.7 Å². The third-order valence-corrected chi connectivity index (χ3v) is 12.2. The zero-order valence-corrected chi connectivity index (χ0v) is 40.9. The zero-order chi connectivity index (χ0) is 49.6. The van der Waals surface area contributed by atoms with Gasteiger partial charge in [-0.1, -0.05) is 31.9 Å². The number of hydrogen-bond acceptors (Lipinski definition) is 18. The molecule has 0 bridgehead atoms. The van der Waals surface area contributed by atoms with Crippen LogP contribution in [-0.4, -0.2) is 201 Å². The van der Waals surface area contributed by atoms with Crippen molar-refractivity contribution in [1.82, 2.24) is 29.7 Å². The van der Waals surface area contributed by atoms with Gasteiger partial charge in [0.1, 0.15) is 17.3 Å². The second-order valence-corrected chi connectivity index (χ2v) is 17.4. The van der Waals surface area contributed by atoms with Crippen LogP contribution in [0, 0.1) is 0 Å². The molecular formula is C46H73N9O13S. The Morgan fingerprint density at radius 3 is 2.01 bits per heavy atom. The minimum absolute atomic E-state index is 0.0880. The average Bonchev–Trinajstić information content (AvgIpc) is 3.74. The predicted molar refractivity (Wildman–Crippen MR) is 261 cm³/mol. The third kappa shape index (κ3) is 21.8. The fourth-order valence-corrected chi connectivity index (χ4v) is 8.21. The number of aromatic nitrogens is 3. The van der Waals surface area contributed by atoms with Crippen LogP contribution in [0.2, 0.25) is 0 Å². The van der Waals surface area contributed by atoms with Crippen LogP contribution < -0.4 is 26.8 Å². The normalized spacial score (nSPS) is 13.9. The monoisotopic (exact) mass is 992 g/mol. The van der Waals surface area contributed by atoms with Crippen LogP contribution in [0.4, 0.5) is 11.8 Å². The summed E-state index contributed by atoms with van der Waals surface area (Å²) in [5, 5.41) is 23.0. The fourth-order valence-electron chi connectivity index (χ4n) is 7.13. The molecule has 1 saturated heterocycles. The van der Waals surface area contributed by atoms with Crippen LogP contribution in [0.3, 0.4) is 0 Å². The summed E-state index contributed by atoms with van der Waals surface area (Å²) in [6, 6.07) is 7.12. The summed E-state index contributed by atoms with van der Waals surface area (Å²) >= 11 is 0.887. The molecule has 3 aromatic rings. The number of nitrogens with one attached hydrogen (secondary N) is 2. The molecule has 0 spiro atoms. The number of nitrogens with zero attached hydrogens (tertiary/aromatic N) is 5. The molecular weight excluding hydrogens is 919 g/mol. The number of benzene rings is 1. The number of rotatable bonds is 38. The number of hydrogen-bond donors (Lipinski definition) is 6. The zero-order valence-electron chi connectivity index (χ0n) is 40.1. The Morgan fingerprint density at radius 2 is 1.42 bits per heavy atom. The van der Waals surface area contributed by atoms with Gasteiger partial charge < -0.3 is 74.9 Å². The first-order chi connectivity index (χ1) is 33.5. The van der Waals surface area contributed by atoms with Crippen molar-refractivity contribution in [1.29, 1.82) is 0 Å². The van der Waals surface area contributed by atoms with Crippen molar-refractivity contribution in [2.24, 2.45) is 5.73 Å². The van der Waals surface area contributed by atoms with E-state index in [0.717, 1.165) is 90.9 Å². The van der Waals surface area contributed by atoms with Crippen molar-refractivity contribution in [2.45, 2.75) is 63.4 Å². The summed E-state index contributed by atoms with van der Waals surface area (Å²) in [5.41, 5.74) is 15.4. The number of thioether (sulfide) groups is 1. The number of piperazine rings is 1. The Balaban J connectivity index is 0.950. The molecule has 2 atom stereocenters. The van der Waals surface area contributed by atoms with Gasteiger partial charge in [0.25, 0.3) is 0 Å². The average molecular weight is 992 g/mol. The molecule has 2 amide bonds. The van der Waals surface area contributed by atoms with Crippen LogP contribution >= 0.6 is 11.8 Å². The number of unbranched alkanes of at least 4 members (excludes halogenated alkanes) is 2. The predicted octanol–water partition coefficient (Wildman–Crippen LogP) is 1.91. The first-order valence-corrected chi connectivity index (χ1v) is 24.6. The molecule has 4 rings (SSSR count). The molecule has 1 fully saturated rings. The number of amides is 2. The number of nitrogen functional groups attached to an aromatic ring is 1. The second-order valence-electron chi connectivity index (χ2n) is 16.1. The molecule has 2 aromatic heterocycles. The van der Waals surface area contributed by atoms with E-state index >= 15 is 0 Å².